The molecule has 5 heteroatoms. The molecule has 1 aromatic heterocycles. The maximum absolute atomic E-state index is 12.2. The quantitative estimate of drug-likeness (QED) is 0.617. The molecular weight excluding hydrogens is 318 g/mol. The lowest BCUT2D eigenvalue weighted by Crippen LogP contribution is -2.27. The minimum absolute atomic E-state index is 0.0262. The van der Waals surface area contributed by atoms with Crippen LogP contribution in [-0.2, 0) is 14.3 Å². The molecule has 1 aromatic carbocycles. The van der Waals surface area contributed by atoms with Crippen molar-refractivity contribution < 1.29 is 18.7 Å². The Kier molecular flexibility index (Phi) is 6.77. The fraction of sp³-hybridized carbons (Fsp3) is 0.200. The summed E-state index contributed by atoms with van der Waals surface area (Å²) in [5, 5.41) is 2.55. The second-order valence-corrected chi connectivity index (χ2v) is 5.80. The third-order valence-corrected chi connectivity index (χ3v) is 3.08. The highest BCUT2D eigenvalue weighted by Gasteiger charge is 2.15. The van der Waals surface area contributed by atoms with E-state index >= 15 is 0 Å². The van der Waals surface area contributed by atoms with Crippen molar-refractivity contribution in [3.8, 4) is 0 Å². The van der Waals surface area contributed by atoms with Crippen LogP contribution in [0.5, 0.6) is 0 Å². The number of esters is 1. The predicted octanol–water partition coefficient (Wildman–Crippen LogP) is 3.65. The minimum Gasteiger partial charge on any atom is -0.465 e. The molecule has 0 radical (unpaired) electrons. The van der Waals surface area contributed by atoms with Crippen LogP contribution in [0.15, 0.2) is 64.9 Å². The van der Waals surface area contributed by atoms with Crippen LogP contribution in [0.4, 0.5) is 0 Å². The second kappa shape index (κ2) is 9.27. The van der Waals surface area contributed by atoms with Gasteiger partial charge in [-0.3, -0.25) is 4.79 Å². The van der Waals surface area contributed by atoms with Gasteiger partial charge in [0.15, 0.2) is 0 Å². The Morgan fingerprint density at radius 2 is 1.92 bits per heavy atom. The number of carbonyl (C=O) groups excluding carboxylic acids is 2. The van der Waals surface area contributed by atoms with E-state index in [1.807, 2.05) is 44.2 Å². The van der Waals surface area contributed by atoms with Gasteiger partial charge in [0.2, 0.25) is 5.91 Å². The normalized spacial score (nSPS) is 11.7. The molecule has 25 heavy (non-hydrogen) atoms. The fourth-order valence-electron chi connectivity index (χ4n) is 1.89. The Labute approximate surface area is 147 Å². The summed E-state index contributed by atoms with van der Waals surface area (Å²) in [5.74, 6) is -0.388. The zero-order valence-corrected chi connectivity index (χ0v) is 14.3. The zero-order valence-electron chi connectivity index (χ0n) is 14.3. The lowest BCUT2D eigenvalue weighted by atomic mass is 10.2. The van der Waals surface area contributed by atoms with Gasteiger partial charge >= 0.3 is 5.97 Å². The number of rotatable bonds is 7. The van der Waals surface area contributed by atoms with Gasteiger partial charge in [-0.15, -0.1) is 0 Å². The number of carbonyl (C=O) groups is 2. The van der Waals surface area contributed by atoms with Crippen LogP contribution in [-0.4, -0.2) is 18.5 Å². The Morgan fingerprint density at radius 1 is 1.16 bits per heavy atom. The second-order valence-electron chi connectivity index (χ2n) is 5.80. The van der Waals surface area contributed by atoms with Gasteiger partial charge in [0, 0.05) is 12.2 Å². The van der Waals surface area contributed by atoms with Gasteiger partial charge in [-0.25, -0.2) is 4.79 Å². The third kappa shape index (κ3) is 6.51. The summed E-state index contributed by atoms with van der Waals surface area (Å²) < 4.78 is 10.4. The topological polar surface area (TPSA) is 68.5 Å². The monoisotopic (exact) mass is 339 g/mol. The van der Waals surface area contributed by atoms with Crippen molar-refractivity contribution >= 4 is 24.0 Å². The van der Waals surface area contributed by atoms with Crippen LogP contribution in [0.2, 0.25) is 0 Å². The third-order valence-electron chi connectivity index (χ3n) is 3.08. The molecule has 5 nitrogen and oxygen atoms in total. The summed E-state index contributed by atoms with van der Waals surface area (Å²) in [6, 6.07) is 12.8. The first kappa shape index (κ1) is 18.3. The number of hydrogen-bond acceptors (Lipinski definition) is 4. The number of ether oxygens (including phenoxy) is 1. The fourth-order valence-corrected chi connectivity index (χ4v) is 1.89. The summed E-state index contributed by atoms with van der Waals surface area (Å²) in [4.78, 5) is 24.3. The maximum Gasteiger partial charge on any atom is 0.354 e. The summed E-state index contributed by atoms with van der Waals surface area (Å²) in [5.41, 5.74) is 0.912. The number of nitrogens with one attached hydrogen (secondary N) is 1. The molecule has 1 heterocycles. The van der Waals surface area contributed by atoms with Gasteiger partial charge < -0.3 is 14.5 Å². The minimum atomic E-state index is -0.605. The zero-order chi connectivity index (χ0) is 18.1. The molecule has 1 N–H and O–H groups in total. The largest absolute Gasteiger partial charge is 0.465 e. The maximum atomic E-state index is 12.2. The molecule has 0 bridgehead atoms. The van der Waals surface area contributed by atoms with Crippen molar-refractivity contribution in [1.29, 1.82) is 0 Å². The molecule has 0 aliphatic rings. The van der Waals surface area contributed by atoms with E-state index in [1.165, 1.54) is 18.4 Å². The first-order chi connectivity index (χ1) is 12.0. The Balaban J connectivity index is 2.08. The van der Waals surface area contributed by atoms with Crippen LogP contribution in [0, 0.1) is 5.92 Å². The van der Waals surface area contributed by atoms with Crippen LogP contribution >= 0.6 is 0 Å². The molecule has 0 aliphatic heterocycles. The van der Waals surface area contributed by atoms with Crippen LogP contribution in [0.3, 0.4) is 0 Å². The Bertz CT molecular complexity index is 743. The highest BCUT2D eigenvalue weighted by Crippen LogP contribution is 2.08. The Morgan fingerprint density at radius 3 is 2.56 bits per heavy atom. The van der Waals surface area contributed by atoms with E-state index in [1.54, 1.807) is 18.2 Å². The van der Waals surface area contributed by atoms with Gasteiger partial charge in [0.1, 0.15) is 11.5 Å². The van der Waals surface area contributed by atoms with E-state index < -0.39 is 11.9 Å². The van der Waals surface area contributed by atoms with Crippen molar-refractivity contribution in [3.05, 3.63) is 71.8 Å². The molecule has 0 aliphatic carbocycles. The van der Waals surface area contributed by atoms with Gasteiger partial charge in [0.25, 0.3) is 0 Å². The van der Waals surface area contributed by atoms with Crippen molar-refractivity contribution in [3.63, 3.8) is 0 Å². The number of hydrogen-bond donors (Lipinski definition) is 1. The summed E-state index contributed by atoms with van der Waals surface area (Å²) in [6.07, 6.45) is 5.96. The van der Waals surface area contributed by atoms with E-state index in [4.69, 9.17) is 9.15 Å². The molecule has 130 valence electrons. The molecule has 2 aromatic rings. The van der Waals surface area contributed by atoms with Gasteiger partial charge in [-0.05, 0) is 29.7 Å². The van der Waals surface area contributed by atoms with Crippen LogP contribution in [0.1, 0.15) is 25.2 Å². The number of benzene rings is 1. The van der Waals surface area contributed by atoms with Gasteiger partial charge in [-0.2, -0.15) is 0 Å². The van der Waals surface area contributed by atoms with E-state index in [0.717, 1.165) is 5.56 Å². The molecule has 0 saturated carbocycles. The highest BCUT2D eigenvalue weighted by atomic mass is 16.5. The van der Waals surface area contributed by atoms with E-state index in [-0.39, 0.29) is 18.2 Å². The lowest BCUT2D eigenvalue weighted by molar-refractivity contribution is -0.141. The molecule has 0 saturated heterocycles. The first-order valence-electron chi connectivity index (χ1n) is 8.01. The van der Waals surface area contributed by atoms with Crippen molar-refractivity contribution in [2.24, 2.45) is 5.92 Å². The average Bonchev–Trinajstić information content (AvgIpc) is 3.11. The molecule has 0 atom stereocenters. The van der Waals surface area contributed by atoms with Crippen molar-refractivity contribution in [2.75, 3.05) is 6.61 Å². The SMILES string of the molecule is CC(C)COC(=O)C(=Cc1ccco1)NC(=O)C=Cc1ccccc1. The van der Waals surface area contributed by atoms with Crippen molar-refractivity contribution in [2.45, 2.75) is 13.8 Å². The van der Waals surface area contributed by atoms with Crippen LogP contribution < -0.4 is 5.32 Å². The molecule has 0 spiro atoms. The number of amides is 1. The van der Waals surface area contributed by atoms with Crippen molar-refractivity contribution in [1.82, 2.24) is 5.32 Å². The highest BCUT2D eigenvalue weighted by molar-refractivity contribution is 6.01. The lowest BCUT2D eigenvalue weighted by Gasteiger charge is -2.10. The summed E-state index contributed by atoms with van der Waals surface area (Å²) in [7, 11) is 0. The van der Waals surface area contributed by atoms with Gasteiger partial charge in [0.05, 0.1) is 12.9 Å². The smallest absolute Gasteiger partial charge is 0.354 e. The van der Waals surface area contributed by atoms with E-state index in [9.17, 15) is 9.59 Å². The summed E-state index contributed by atoms with van der Waals surface area (Å²) >= 11 is 0. The number of furan rings is 1. The first-order valence-corrected chi connectivity index (χ1v) is 8.01. The molecule has 0 unspecified atom stereocenters. The molecule has 2 rings (SSSR count). The molecular formula is C20H21NO4. The molecule has 0 fully saturated rings. The van der Waals surface area contributed by atoms with E-state index in [0.29, 0.717) is 5.76 Å². The van der Waals surface area contributed by atoms with Gasteiger partial charge in [-0.1, -0.05) is 44.2 Å². The van der Waals surface area contributed by atoms with Crippen LogP contribution in [0.25, 0.3) is 12.2 Å². The average molecular weight is 339 g/mol. The summed E-state index contributed by atoms with van der Waals surface area (Å²) in [6.45, 7) is 4.14. The Hall–Kier alpha value is -3.08. The van der Waals surface area contributed by atoms with E-state index in [2.05, 4.69) is 5.32 Å². The standard InChI is InChI=1S/C20H21NO4/c1-15(2)14-25-20(23)18(13-17-9-6-12-24-17)21-19(22)11-10-16-7-4-3-5-8-16/h3-13,15H,14H2,1-2H3,(H,21,22). The predicted molar refractivity (Wildman–Crippen MR) is 96.1 cm³/mol. The molecule has 1 amide bonds.